The van der Waals surface area contributed by atoms with E-state index in [9.17, 15) is 0 Å². The van der Waals surface area contributed by atoms with Crippen molar-refractivity contribution in [3.05, 3.63) is 35.4 Å². The van der Waals surface area contributed by atoms with Gasteiger partial charge in [0.15, 0.2) is 0 Å². The first-order valence-corrected chi connectivity index (χ1v) is 5.38. The molecule has 76 valence electrons. The van der Waals surface area contributed by atoms with Crippen molar-refractivity contribution in [1.82, 2.24) is 5.32 Å². The quantitative estimate of drug-likeness (QED) is 0.716. The van der Waals surface area contributed by atoms with E-state index >= 15 is 0 Å². The van der Waals surface area contributed by atoms with Crippen molar-refractivity contribution in [3.63, 3.8) is 0 Å². The molecule has 1 saturated heterocycles. The number of nitrogens with one attached hydrogen (secondary N) is 1. The van der Waals surface area contributed by atoms with E-state index in [0.29, 0.717) is 11.5 Å². The minimum atomic E-state index is 0.315. The molecular formula is C13H19N. The molecule has 0 saturated carbocycles. The molecule has 1 aromatic carbocycles. The van der Waals surface area contributed by atoms with Crippen LogP contribution in [0.4, 0.5) is 0 Å². The normalized spacial score (nSPS) is 25.2. The van der Waals surface area contributed by atoms with Crippen LogP contribution in [0, 0.1) is 6.92 Å². The average Bonchev–Trinajstić information content (AvgIpc) is 2.47. The molecule has 1 N–H and O–H groups in total. The Morgan fingerprint density at radius 3 is 2.36 bits per heavy atom. The summed E-state index contributed by atoms with van der Waals surface area (Å²) in [6, 6.07) is 8.95. The largest absolute Gasteiger partial charge is 0.311 e. The van der Waals surface area contributed by atoms with Crippen LogP contribution in [0.5, 0.6) is 0 Å². The standard InChI is InChI=1S/C13H19N/c1-10-4-6-11(7-5-10)12-8-13(2,3)14-9-12/h4-7,12,14H,8-9H2,1-3H3. The van der Waals surface area contributed by atoms with Gasteiger partial charge >= 0.3 is 0 Å². The van der Waals surface area contributed by atoms with Crippen LogP contribution in [0.15, 0.2) is 24.3 Å². The molecule has 1 heteroatoms. The first kappa shape index (κ1) is 9.72. The average molecular weight is 189 g/mol. The van der Waals surface area contributed by atoms with Crippen molar-refractivity contribution < 1.29 is 0 Å². The van der Waals surface area contributed by atoms with Crippen molar-refractivity contribution in [1.29, 1.82) is 0 Å². The third-order valence-electron chi connectivity index (χ3n) is 3.13. The lowest BCUT2D eigenvalue weighted by molar-refractivity contribution is 0.456. The fourth-order valence-corrected chi connectivity index (χ4v) is 2.23. The molecule has 1 atom stereocenters. The summed E-state index contributed by atoms with van der Waals surface area (Å²) in [5.41, 5.74) is 3.14. The topological polar surface area (TPSA) is 12.0 Å². The number of hydrogen-bond acceptors (Lipinski definition) is 1. The second-order valence-electron chi connectivity index (χ2n) is 5.08. The number of rotatable bonds is 1. The van der Waals surface area contributed by atoms with Gasteiger partial charge in [0, 0.05) is 12.1 Å². The molecule has 0 aliphatic carbocycles. The lowest BCUT2D eigenvalue weighted by Crippen LogP contribution is -2.31. The minimum absolute atomic E-state index is 0.315. The highest BCUT2D eigenvalue weighted by Gasteiger charge is 2.30. The zero-order valence-electron chi connectivity index (χ0n) is 9.30. The smallest absolute Gasteiger partial charge is 0.0131 e. The summed E-state index contributed by atoms with van der Waals surface area (Å²) in [5.74, 6) is 0.700. The predicted octanol–water partition coefficient (Wildman–Crippen LogP) is 2.85. The Balaban J connectivity index is 2.14. The lowest BCUT2D eigenvalue weighted by Gasteiger charge is -2.17. The van der Waals surface area contributed by atoms with Gasteiger partial charge in [0.05, 0.1) is 0 Å². The zero-order chi connectivity index (χ0) is 10.2. The molecule has 0 radical (unpaired) electrons. The summed E-state index contributed by atoms with van der Waals surface area (Å²) >= 11 is 0. The van der Waals surface area contributed by atoms with E-state index < -0.39 is 0 Å². The Bertz CT molecular complexity index is 311. The second-order valence-corrected chi connectivity index (χ2v) is 5.08. The summed E-state index contributed by atoms with van der Waals surface area (Å²) in [7, 11) is 0. The van der Waals surface area contributed by atoms with Gasteiger partial charge in [-0.2, -0.15) is 0 Å². The molecule has 1 aromatic rings. The van der Waals surface area contributed by atoms with Crippen LogP contribution in [-0.4, -0.2) is 12.1 Å². The van der Waals surface area contributed by atoms with Gasteiger partial charge in [-0.05, 0) is 38.7 Å². The molecule has 0 aromatic heterocycles. The predicted molar refractivity (Wildman–Crippen MR) is 60.6 cm³/mol. The third kappa shape index (κ3) is 1.98. The van der Waals surface area contributed by atoms with Crippen LogP contribution in [0.25, 0.3) is 0 Å². The van der Waals surface area contributed by atoms with E-state index in [1.165, 1.54) is 17.5 Å². The molecule has 0 bridgehead atoms. The molecule has 1 fully saturated rings. The van der Waals surface area contributed by atoms with Crippen molar-refractivity contribution in [2.24, 2.45) is 0 Å². The van der Waals surface area contributed by atoms with E-state index in [2.05, 4.69) is 50.4 Å². The molecule has 1 heterocycles. The molecule has 2 rings (SSSR count). The van der Waals surface area contributed by atoms with Gasteiger partial charge in [-0.15, -0.1) is 0 Å². The second kappa shape index (κ2) is 3.39. The van der Waals surface area contributed by atoms with Gasteiger partial charge in [-0.3, -0.25) is 0 Å². The molecule has 1 aliphatic heterocycles. The van der Waals surface area contributed by atoms with Gasteiger partial charge < -0.3 is 5.32 Å². The van der Waals surface area contributed by atoms with Gasteiger partial charge in [0.2, 0.25) is 0 Å². The van der Waals surface area contributed by atoms with Crippen LogP contribution in [-0.2, 0) is 0 Å². The zero-order valence-corrected chi connectivity index (χ0v) is 9.30. The van der Waals surface area contributed by atoms with E-state index in [-0.39, 0.29) is 0 Å². The number of benzene rings is 1. The monoisotopic (exact) mass is 189 g/mol. The molecule has 14 heavy (non-hydrogen) atoms. The van der Waals surface area contributed by atoms with Gasteiger partial charge in [0.25, 0.3) is 0 Å². The Morgan fingerprint density at radius 2 is 1.86 bits per heavy atom. The Hall–Kier alpha value is -0.820. The Morgan fingerprint density at radius 1 is 1.21 bits per heavy atom. The summed E-state index contributed by atoms with van der Waals surface area (Å²) in [6.45, 7) is 7.82. The highest BCUT2D eigenvalue weighted by atomic mass is 15.0. The Labute approximate surface area is 86.5 Å². The van der Waals surface area contributed by atoms with Crippen molar-refractivity contribution in [3.8, 4) is 0 Å². The fourth-order valence-electron chi connectivity index (χ4n) is 2.23. The van der Waals surface area contributed by atoms with E-state index in [4.69, 9.17) is 0 Å². The highest BCUT2D eigenvalue weighted by molar-refractivity contribution is 5.26. The van der Waals surface area contributed by atoms with Crippen molar-refractivity contribution in [2.45, 2.75) is 38.6 Å². The summed E-state index contributed by atoms with van der Waals surface area (Å²) < 4.78 is 0. The van der Waals surface area contributed by atoms with Gasteiger partial charge in [-0.1, -0.05) is 29.8 Å². The first-order valence-electron chi connectivity index (χ1n) is 5.38. The maximum Gasteiger partial charge on any atom is 0.0131 e. The van der Waals surface area contributed by atoms with Crippen molar-refractivity contribution >= 4 is 0 Å². The van der Waals surface area contributed by atoms with E-state index in [1.54, 1.807) is 0 Å². The van der Waals surface area contributed by atoms with Crippen molar-refractivity contribution in [2.75, 3.05) is 6.54 Å². The van der Waals surface area contributed by atoms with E-state index in [0.717, 1.165) is 6.54 Å². The first-order chi connectivity index (χ1) is 6.57. The number of aryl methyl sites for hydroxylation is 1. The Kier molecular flexibility index (Phi) is 2.36. The molecule has 1 nitrogen and oxygen atoms in total. The molecular weight excluding hydrogens is 170 g/mol. The maximum atomic E-state index is 3.56. The van der Waals surface area contributed by atoms with Crippen LogP contribution < -0.4 is 5.32 Å². The molecule has 0 spiro atoms. The summed E-state index contributed by atoms with van der Waals surface area (Å²) in [6.07, 6.45) is 1.25. The highest BCUT2D eigenvalue weighted by Crippen LogP contribution is 2.31. The van der Waals surface area contributed by atoms with Crippen LogP contribution >= 0.6 is 0 Å². The third-order valence-corrected chi connectivity index (χ3v) is 3.13. The number of hydrogen-bond donors (Lipinski definition) is 1. The van der Waals surface area contributed by atoms with E-state index in [1.807, 2.05) is 0 Å². The minimum Gasteiger partial charge on any atom is -0.311 e. The fraction of sp³-hybridized carbons (Fsp3) is 0.538. The molecule has 0 amide bonds. The van der Waals surface area contributed by atoms with Gasteiger partial charge in [-0.25, -0.2) is 0 Å². The summed E-state index contributed by atoms with van der Waals surface area (Å²) in [5, 5.41) is 3.56. The summed E-state index contributed by atoms with van der Waals surface area (Å²) in [4.78, 5) is 0. The van der Waals surface area contributed by atoms with Crippen LogP contribution in [0.3, 0.4) is 0 Å². The SMILES string of the molecule is Cc1ccc(C2CNC(C)(C)C2)cc1. The van der Waals surface area contributed by atoms with Crippen LogP contribution in [0.2, 0.25) is 0 Å². The molecule has 1 aliphatic rings. The van der Waals surface area contributed by atoms with Crippen LogP contribution in [0.1, 0.15) is 37.3 Å². The maximum absolute atomic E-state index is 3.56. The molecule has 1 unspecified atom stereocenters. The van der Waals surface area contributed by atoms with Gasteiger partial charge in [0.1, 0.15) is 0 Å². The lowest BCUT2D eigenvalue weighted by atomic mass is 9.91.